The largest absolute Gasteiger partial charge is 0.469 e. The van der Waals surface area contributed by atoms with Gasteiger partial charge in [0.1, 0.15) is 11.9 Å². The first-order chi connectivity index (χ1) is 12.5. The standard InChI is InChI=1S/C19H19ClN2O4/c1-12-15(6-8-25-12)18(23)21-10-16-17(11-21)26-19(24)22(16)7-5-13-3-2-4-14(20)9-13/h2-4,6,8-9,16-17H,5,7,10-11H2,1H3/t16-,17+/m1/s1. The molecule has 0 aliphatic carbocycles. The van der Waals surface area contributed by atoms with Crippen molar-refractivity contribution in [1.29, 1.82) is 0 Å². The average molecular weight is 375 g/mol. The Morgan fingerprint density at radius 1 is 1.31 bits per heavy atom. The quantitative estimate of drug-likeness (QED) is 0.824. The number of rotatable bonds is 4. The van der Waals surface area contributed by atoms with Gasteiger partial charge in [-0.15, -0.1) is 0 Å². The second kappa shape index (κ2) is 6.68. The van der Waals surface area contributed by atoms with Crippen LogP contribution in [0.2, 0.25) is 5.02 Å². The molecule has 1 aromatic heterocycles. The van der Waals surface area contributed by atoms with Crippen LogP contribution in [-0.4, -0.2) is 53.6 Å². The Morgan fingerprint density at radius 2 is 2.15 bits per heavy atom. The average Bonchev–Trinajstić information content (AvgIpc) is 3.27. The Kier molecular flexibility index (Phi) is 4.36. The number of nitrogens with zero attached hydrogens (tertiary/aromatic N) is 2. The molecule has 0 radical (unpaired) electrons. The van der Waals surface area contributed by atoms with E-state index in [2.05, 4.69) is 0 Å². The third-order valence-electron chi connectivity index (χ3n) is 5.03. The van der Waals surface area contributed by atoms with E-state index in [-0.39, 0.29) is 24.1 Å². The summed E-state index contributed by atoms with van der Waals surface area (Å²) in [6.07, 6.45) is 1.61. The lowest BCUT2D eigenvalue weighted by Crippen LogP contribution is -2.40. The van der Waals surface area contributed by atoms with E-state index in [4.69, 9.17) is 20.8 Å². The van der Waals surface area contributed by atoms with E-state index in [1.165, 1.54) is 6.26 Å². The van der Waals surface area contributed by atoms with Crippen molar-refractivity contribution in [3.63, 3.8) is 0 Å². The maximum absolute atomic E-state index is 12.7. The highest BCUT2D eigenvalue weighted by Gasteiger charge is 2.48. The van der Waals surface area contributed by atoms with E-state index in [0.717, 1.165) is 5.56 Å². The second-order valence-corrected chi connectivity index (χ2v) is 7.10. The van der Waals surface area contributed by atoms with Crippen molar-refractivity contribution in [2.45, 2.75) is 25.5 Å². The van der Waals surface area contributed by atoms with Gasteiger partial charge in [0.25, 0.3) is 5.91 Å². The maximum atomic E-state index is 12.7. The zero-order chi connectivity index (χ0) is 18.3. The fraction of sp³-hybridized carbons (Fsp3) is 0.368. The van der Waals surface area contributed by atoms with E-state index in [1.807, 2.05) is 24.3 Å². The van der Waals surface area contributed by atoms with Gasteiger partial charge in [-0.05, 0) is 37.1 Å². The van der Waals surface area contributed by atoms with Gasteiger partial charge in [0, 0.05) is 18.1 Å². The van der Waals surface area contributed by atoms with Crippen LogP contribution in [0.1, 0.15) is 21.7 Å². The number of fused-ring (bicyclic) bond motifs is 1. The van der Waals surface area contributed by atoms with Crippen molar-refractivity contribution in [2.75, 3.05) is 19.6 Å². The highest BCUT2D eigenvalue weighted by atomic mass is 35.5. The molecule has 0 unspecified atom stereocenters. The van der Waals surface area contributed by atoms with Crippen LogP contribution in [0, 0.1) is 6.92 Å². The molecule has 0 bridgehead atoms. The van der Waals surface area contributed by atoms with Gasteiger partial charge in [-0.25, -0.2) is 4.79 Å². The first kappa shape index (κ1) is 17.0. The van der Waals surface area contributed by atoms with E-state index in [9.17, 15) is 9.59 Å². The SMILES string of the molecule is Cc1occc1C(=O)N1C[C@@H]2OC(=O)N(CCc3cccc(Cl)c3)[C@@H]2C1. The summed E-state index contributed by atoms with van der Waals surface area (Å²) in [5.74, 6) is 0.512. The molecule has 26 heavy (non-hydrogen) atoms. The fourth-order valence-corrected chi connectivity index (χ4v) is 3.86. The molecule has 2 saturated heterocycles. The number of hydrogen-bond acceptors (Lipinski definition) is 4. The van der Waals surface area contributed by atoms with Gasteiger partial charge in [0.2, 0.25) is 0 Å². The van der Waals surface area contributed by atoms with Crippen molar-refractivity contribution in [3.8, 4) is 0 Å². The molecular weight excluding hydrogens is 356 g/mol. The van der Waals surface area contributed by atoms with Crippen molar-refractivity contribution >= 4 is 23.6 Å². The van der Waals surface area contributed by atoms with Crippen LogP contribution >= 0.6 is 11.6 Å². The van der Waals surface area contributed by atoms with Crippen LogP contribution in [0.3, 0.4) is 0 Å². The molecule has 2 atom stereocenters. The molecule has 7 heteroatoms. The van der Waals surface area contributed by atoms with Crippen LogP contribution in [0.4, 0.5) is 4.79 Å². The number of amides is 2. The predicted octanol–water partition coefficient (Wildman–Crippen LogP) is 3.13. The molecule has 6 nitrogen and oxygen atoms in total. The lowest BCUT2D eigenvalue weighted by atomic mass is 10.1. The molecule has 4 rings (SSSR count). The van der Waals surface area contributed by atoms with Crippen LogP contribution in [0.15, 0.2) is 41.0 Å². The number of halogens is 1. The zero-order valence-corrected chi connectivity index (χ0v) is 15.1. The summed E-state index contributed by atoms with van der Waals surface area (Å²) in [5, 5.41) is 0.678. The van der Waals surface area contributed by atoms with Gasteiger partial charge in [-0.2, -0.15) is 0 Å². The molecule has 3 heterocycles. The van der Waals surface area contributed by atoms with Crippen LogP contribution < -0.4 is 0 Å². The maximum Gasteiger partial charge on any atom is 0.410 e. The summed E-state index contributed by atoms with van der Waals surface area (Å²) in [5.41, 5.74) is 1.62. The molecule has 1 aromatic carbocycles. The first-order valence-electron chi connectivity index (χ1n) is 8.58. The Balaban J connectivity index is 1.43. The molecule has 0 N–H and O–H groups in total. The van der Waals surface area contributed by atoms with E-state index in [0.29, 0.717) is 42.4 Å². The normalized spacial score (nSPS) is 21.8. The van der Waals surface area contributed by atoms with E-state index in [1.54, 1.807) is 22.8 Å². The lowest BCUT2D eigenvalue weighted by molar-refractivity contribution is 0.0726. The molecular formula is C19H19ClN2O4. The third-order valence-corrected chi connectivity index (χ3v) is 5.27. The Bertz CT molecular complexity index is 850. The number of likely N-dealkylation sites (tertiary alicyclic amines) is 1. The van der Waals surface area contributed by atoms with Gasteiger partial charge >= 0.3 is 6.09 Å². The molecule has 0 saturated carbocycles. The fourth-order valence-electron chi connectivity index (χ4n) is 3.65. The van der Waals surface area contributed by atoms with Gasteiger partial charge in [0.15, 0.2) is 0 Å². The molecule has 2 aliphatic heterocycles. The molecule has 2 amide bonds. The summed E-state index contributed by atoms with van der Waals surface area (Å²) in [6.45, 7) is 3.18. The molecule has 2 aromatic rings. The number of furan rings is 1. The van der Waals surface area contributed by atoms with E-state index < -0.39 is 0 Å². The summed E-state index contributed by atoms with van der Waals surface area (Å²) >= 11 is 6.02. The smallest absolute Gasteiger partial charge is 0.410 e. The van der Waals surface area contributed by atoms with Gasteiger partial charge in [-0.1, -0.05) is 23.7 Å². The minimum Gasteiger partial charge on any atom is -0.469 e. The lowest BCUT2D eigenvalue weighted by Gasteiger charge is -2.22. The van der Waals surface area contributed by atoms with Crippen LogP contribution in [-0.2, 0) is 11.2 Å². The summed E-state index contributed by atoms with van der Waals surface area (Å²) < 4.78 is 10.7. The summed E-state index contributed by atoms with van der Waals surface area (Å²) in [7, 11) is 0. The van der Waals surface area contributed by atoms with Crippen LogP contribution in [0.25, 0.3) is 0 Å². The molecule has 2 fully saturated rings. The molecule has 2 aliphatic rings. The number of hydrogen-bond donors (Lipinski definition) is 0. The van der Waals surface area contributed by atoms with Crippen LogP contribution in [0.5, 0.6) is 0 Å². The number of carbonyl (C=O) groups excluding carboxylic acids is 2. The summed E-state index contributed by atoms with van der Waals surface area (Å²) in [4.78, 5) is 28.3. The van der Waals surface area contributed by atoms with Crippen molar-refractivity contribution in [3.05, 3.63) is 58.5 Å². The minimum absolute atomic E-state index is 0.0866. The third kappa shape index (κ3) is 3.05. The minimum atomic E-state index is -0.311. The van der Waals surface area contributed by atoms with Gasteiger partial charge < -0.3 is 14.1 Å². The molecule has 0 spiro atoms. The second-order valence-electron chi connectivity index (χ2n) is 6.66. The van der Waals surface area contributed by atoms with Gasteiger partial charge in [0.05, 0.1) is 24.4 Å². The number of ether oxygens (including phenoxy) is 1. The number of aryl methyl sites for hydroxylation is 1. The van der Waals surface area contributed by atoms with Crippen molar-refractivity contribution < 1.29 is 18.7 Å². The highest BCUT2D eigenvalue weighted by Crippen LogP contribution is 2.28. The topological polar surface area (TPSA) is 63.0 Å². The van der Waals surface area contributed by atoms with Gasteiger partial charge in [-0.3, -0.25) is 9.69 Å². The zero-order valence-electron chi connectivity index (χ0n) is 14.4. The number of carbonyl (C=O) groups is 2. The first-order valence-corrected chi connectivity index (χ1v) is 8.96. The number of benzene rings is 1. The highest BCUT2D eigenvalue weighted by molar-refractivity contribution is 6.30. The van der Waals surface area contributed by atoms with Crippen molar-refractivity contribution in [1.82, 2.24) is 9.80 Å². The monoisotopic (exact) mass is 374 g/mol. The Hall–Kier alpha value is -2.47. The van der Waals surface area contributed by atoms with Crippen molar-refractivity contribution in [2.24, 2.45) is 0 Å². The Morgan fingerprint density at radius 3 is 2.88 bits per heavy atom. The molecule has 136 valence electrons. The summed E-state index contributed by atoms with van der Waals surface area (Å²) in [6, 6.07) is 9.16. The van der Waals surface area contributed by atoms with E-state index >= 15 is 0 Å². The predicted molar refractivity (Wildman–Crippen MR) is 95.3 cm³/mol. The Labute approximate surface area is 156 Å².